The Morgan fingerprint density at radius 2 is 1.77 bits per heavy atom. The van der Waals surface area contributed by atoms with Gasteiger partial charge in [-0.1, -0.05) is 12.1 Å². The van der Waals surface area contributed by atoms with Crippen LogP contribution in [0.4, 0.5) is 4.39 Å². The maximum absolute atomic E-state index is 13.5. The lowest BCUT2D eigenvalue weighted by atomic mass is 9.91. The molecule has 1 N–H and O–H groups in total. The molecule has 160 valence electrons. The Balaban J connectivity index is 2.00. The Morgan fingerprint density at radius 3 is 2.45 bits per heavy atom. The summed E-state index contributed by atoms with van der Waals surface area (Å²) in [6.07, 6.45) is 1.76. The number of rotatable bonds is 4. The predicted octanol–water partition coefficient (Wildman–Crippen LogP) is 3.15. The summed E-state index contributed by atoms with van der Waals surface area (Å²) in [6.45, 7) is 1.90. The number of nitrogens with zero attached hydrogens (tertiary/aromatic N) is 2. The van der Waals surface area contributed by atoms with Crippen molar-refractivity contribution in [3.63, 3.8) is 0 Å². The van der Waals surface area contributed by atoms with Crippen LogP contribution in [-0.2, 0) is 22.8 Å². The van der Waals surface area contributed by atoms with Crippen LogP contribution in [0.5, 0.6) is 0 Å². The summed E-state index contributed by atoms with van der Waals surface area (Å²) in [5.41, 5.74) is 5.01. The highest BCUT2D eigenvalue weighted by atomic mass is 32.2. The molecule has 0 spiro atoms. The van der Waals surface area contributed by atoms with E-state index in [9.17, 15) is 17.6 Å². The van der Waals surface area contributed by atoms with Gasteiger partial charge in [-0.3, -0.25) is 9.79 Å². The van der Waals surface area contributed by atoms with Crippen LogP contribution in [0.3, 0.4) is 0 Å². The van der Waals surface area contributed by atoms with Gasteiger partial charge < -0.3 is 4.57 Å². The molecule has 0 bridgehead atoms. The molecule has 1 aromatic heterocycles. The molecule has 0 aliphatic carbocycles. The Morgan fingerprint density at radius 1 is 1.06 bits per heavy atom. The molecule has 1 atom stereocenters. The van der Waals surface area contributed by atoms with Crippen molar-refractivity contribution in [1.29, 1.82) is 0 Å². The lowest BCUT2D eigenvalue weighted by Crippen LogP contribution is -2.20. The van der Waals surface area contributed by atoms with Crippen LogP contribution in [0.15, 0.2) is 64.5 Å². The maximum atomic E-state index is 13.5. The van der Waals surface area contributed by atoms with Gasteiger partial charge in [-0.25, -0.2) is 17.5 Å². The lowest BCUT2D eigenvalue weighted by molar-refractivity contribution is 0.587. The molecule has 6 nitrogen and oxygen atoms in total. The third-order valence-corrected chi connectivity index (χ3v) is 6.78. The molecular formula is C23H22FN3O3S. The molecule has 1 aliphatic heterocycles. The number of fused-ring (bicyclic) bond motifs is 3. The zero-order valence-electron chi connectivity index (χ0n) is 17.4. The van der Waals surface area contributed by atoms with Crippen molar-refractivity contribution in [3.8, 4) is 11.1 Å². The van der Waals surface area contributed by atoms with Crippen LogP contribution in [-0.4, -0.2) is 25.7 Å². The zero-order chi connectivity index (χ0) is 22.3. The topological polar surface area (TPSA) is 80.5 Å². The smallest absolute Gasteiger partial charge is 0.250 e. The molecular weight excluding hydrogens is 417 g/mol. The van der Waals surface area contributed by atoms with Gasteiger partial charge in [0.25, 0.3) is 5.56 Å². The monoisotopic (exact) mass is 439 g/mol. The van der Waals surface area contributed by atoms with Crippen molar-refractivity contribution in [2.24, 2.45) is 12.0 Å². The van der Waals surface area contributed by atoms with E-state index in [1.807, 2.05) is 19.1 Å². The highest BCUT2D eigenvalue weighted by molar-refractivity contribution is 7.88. The van der Waals surface area contributed by atoms with Crippen molar-refractivity contribution in [1.82, 2.24) is 9.29 Å². The van der Waals surface area contributed by atoms with Crippen LogP contribution in [0, 0.1) is 5.82 Å². The van der Waals surface area contributed by atoms with Crippen molar-refractivity contribution < 1.29 is 12.8 Å². The van der Waals surface area contributed by atoms with Gasteiger partial charge >= 0.3 is 0 Å². The van der Waals surface area contributed by atoms with E-state index in [0.717, 1.165) is 27.8 Å². The number of pyridine rings is 1. The number of benzene rings is 2. The number of halogens is 1. The highest BCUT2D eigenvalue weighted by Gasteiger charge is 2.24. The molecule has 3 aromatic rings. The first-order chi connectivity index (χ1) is 14.7. The second kappa shape index (κ2) is 7.86. The minimum Gasteiger partial charge on any atom is -0.318 e. The summed E-state index contributed by atoms with van der Waals surface area (Å²) in [6, 6.07) is 12.8. The summed E-state index contributed by atoms with van der Waals surface area (Å²) >= 11 is 0. The van der Waals surface area contributed by atoms with Crippen LogP contribution >= 0.6 is 0 Å². The molecule has 0 saturated carbocycles. The fourth-order valence-corrected chi connectivity index (χ4v) is 4.55. The van der Waals surface area contributed by atoms with Crippen molar-refractivity contribution in [2.75, 3.05) is 7.05 Å². The van der Waals surface area contributed by atoms with E-state index in [1.54, 1.807) is 37.5 Å². The summed E-state index contributed by atoms with van der Waals surface area (Å²) in [5, 5.41) is 0. The molecule has 0 amide bonds. The number of nitrogens with one attached hydrogen (secondary N) is 1. The molecule has 1 aliphatic rings. The van der Waals surface area contributed by atoms with Gasteiger partial charge in [0, 0.05) is 36.0 Å². The average molecular weight is 440 g/mol. The van der Waals surface area contributed by atoms with Crippen LogP contribution < -0.4 is 10.3 Å². The van der Waals surface area contributed by atoms with Gasteiger partial charge in [-0.2, -0.15) is 0 Å². The first-order valence-electron chi connectivity index (χ1n) is 9.78. The Hall–Kier alpha value is -3.10. The first kappa shape index (κ1) is 21.1. The largest absolute Gasteiger partial charge is 0.318 e. The standard InChI is InChI=1S/C23H22FN3O3S/c1-14-19-11-22(28)27(3)12-21(19)20-10-15(13-31(29,30)25-2)4-9-18(20)23(26-14)16-5-7-17(24)8-6-16/h4-12,14,25H,13H2,1-3H3/t14-/m0/s1. The van der Waals surface area contributed by atoms with E-state index in [4.69, 9.17) is 4.99 Å². The van der Waals surface area contributed by atoms with E-state index < -0.39 is 10.0 Å². The normalized spacial score (nSPS) is 15.6. The number of aromatic nitrogens is 1. The molecule has 31 heavy (non-hydrogen) atoms. The maximum Gasteiger partial charge on any atom is 0.250 e. The van der Waals surface area contributed by atoms with E-state index >= 15 is 0 Å². The van der Waals surface area contributed by atoms with Crippen molar-refractivity contribution in [2.45, 2.75) is 18.7 Å². The van der Waals surface area contributed by atoms with E-state index in [1.165, 1.54) is 23.7 Å². The SMILES string of the molecule is CNS(=O)(=O)Cc1ccc2c(c1)-c1cn(C)c(=O)cc1[C@H](C)N=C2c1ccc(F)cc1. The molecule has 8 heteroatoms. The van der Waals surface area contributed by atoms with Gasteiger partial charge in [-0.05, 0) is 61.0 Å². The quantitative estimate of drug-likeness (QED) is 0.678. The molecule has 0 fully saturated rings. The van der Waals surface area contributed by atoms with Gasteiger partial charge in [0.15, 0.2) is 0 Å². The first-order valence-corrected chi connectivity index (χ1v) is 11.4. The predicted molar refractivity (Wildman–Crippen MR) is 119 cm³/mol. The second-order valence-electron chi connectivity index (χ2n) is 7.60. The van der Waals surface area contributed by atoms with Crippen molar-refractivity contribution >= 4 is 15.7 Å². The second-order valence-corrected chi connectivity index (χ2v) is 9.52. The number of aliphatic imine (C=N–C) groups is 1. The Labute approximate surface area is 180 Å². The number of aryl methyl sites for hydroxylation is 1. The zero-order valence-corrected chi connectivity index (χ0v) is 18.2. The van der Waals surface area contributed by atoms with Gasteiger partial charge in [0.05, 0.1) is 17.5 Å². The van der Waals surface area contributed by atoms with Crippen molar-refractivity contribution in [3.05, 3.63) is 93.2 Å². The Bertz CT molecular complexity index is 1360. The van der Waals surface area contributed by atoms with Gasteiger partial charge in [0.2, 0.25) is 10.0 Å². The van der Waals surface area contributed by atoms with E-state index in [2.05, 4.69) is 4.72 Å². The average Bonchev–Trinajstić information content (AvgIpc) is 2.84. The summed E-state index contributed by atoms with van der Waals surface area (Å²) in [4.78, 5) is 17.2. The van der Waals surface area contributed by atoms with Crippen LogP contribution in [0.1, 0.15) is 35.2 Å². The number of hydrogen-bond donors (Lipinski definition) is 1. The van der Waals surface area contributed by atoms with Gasteiger partial charge in [-0.15, -0.1) is 0 Å². The molecule has 0 radical (unpaired) electrons. The minimum absolute atomic E-state index is 0.151. The lowest BCUT2D eigenvalue weighted by Gasteiger charge is -2.15. The molecule has 2 heterocycles. The van der Waals surface area contributed by atoms with Gasteiger partial charge in [0.1, 0.15) is 5.82 Å². The summed E-state index contributed by atoms with van der Waals surface area (Å²) in [5.74, 6) is -0.513. The molecule has 0 unspecified atom stereocenters. The van der Waals surface area contributed by atoms with Crippen LogP contribution in [0.25, 0.3) is 11.1 Å². The van der Waals surface area contributed by atoms with E-state index in [0.29, 0.717) is 11.3 Å². The van der Waals surface area contributed by atoms with Crippen LogP contribution in [0.2, 0.25) is 0 Å². The summed E-state index contributed by atoms with van der Waals surface area (Å²) in [7, 11) is -0.403. The third kappa shape index (κ3) is 4.08. The number of sulfonamides is 1. The molecule has 2 aromatic carbocycles. The molecule has 4 rings (SSSR count). The number of hydrogen-bond acceptors (Lipinski definition) is 4. The Kier molecular flexibility index (Phi) is 5.36. The third-order valence-electron chi connectivity index (χ3n) is 5.45. The summed E-state index contributed by atoms with van der Waals surface area (Å²) < 4.78 is 41.5. The fraction of sp³-hybridized carbons (Fsp3) is 0.217. The highest BCUT2D eigenvalue weighted by Crippen LogP contribution is 2.37. The minimum atomic E-state index is -3.46. The molecule has 0 saturated heterocycles. The van der Waals surface area contributed by atoms with E-state index in [-0.39, 0.29) is 23.2 Å². The fourth-order valence-electron chi connectivity index (χ4n) is 3.79.